The van der Waals surface area contributed by atoms with Crippen LogP contribution in [0.4, 0.5) is 5.69 Å². The lowest BCUT2D eigenvalue weighted by Crippen LogP contribution is -2.56. The Bertz CT molecular complexity index is 1160. The number of rotatable bonds is 5. The highest BCUT2D eigenvalue weighted by Crippen LogP contribution is 2.53. The van der Waals surface area contributed by atoms with Gasteiger partial charge in [-0.25, -0.2) is 4.90 Å². The second-order valence-corrected chi connectivity index (χ2v) is 11.9. The van der Waals surface area contributed by atoms with Crippen LogP contribution in [0.3, 0.4) is 0 Å². The van der Waals surface area contributed by atoms with Gasteiger partial charge in [0.1, 0.15) is 5.54 Å². The smallest absolute Gasteiger partial charge is 0.324 e. The third-order valence-corrected chi connectivity index (χ3v) is 9.41. The van der Waals surface area contributed by atoms with Crippen LogP contribution in [0.25, 0.3) is 0 Å². The highest BCUT2D eigenvalue weighted by molar-refractivity contribution is 7.16. The number of carbonyl (C=O) groups is 3. The standard InChI is InChI=1S/C25H26Cl2N2O4S/c1-13-7-8-15(11-16(13)26)29-22(30)19-20(23(29)31)25(24(32)33,12-14-5-3-2-4-6-14)28-21(19)17-9-10-18(27)34-17/h7-11,14,19-21,28H,2-6,12H2,1H3,(H,32,33). The van der Waals surface area contributed by atoms with Gasteiger partial charge in [0.2, 0.25) is 11.8 Å². The Kier molecular flexibility index (Phi) is 6.25. The number of anilines is 1. The van der Waals surface area contributed by atoms with Gasteiger partial charge in [-0.15, -0.1) is 11.3 Å². The molecule has 3 fully saturated rings. The predicted molar refractivity (Wildman–Crippen MR) is 132 cm³/mol. The van der Waals surface area contributed by atoms with Crippen LogP contribution in [-0.4, -0.2) is 28.4 Å². The van der Waals surface area contributed by atoms with E-state index in [-0.39, 0.29) is 5.92 Å². The number of aliphatic carboxylic acids is 1. The van der Waals surface area contributed by atoms with Crippen molar-refractivity contribution in [2.75, 3.05) is 4.90 Å². The van der Waals surface area contributed by atoms with Crippen LogP contribution in [0.15, 0.2) is 30.3 Å². The zero-order chi connectivity index (χ0) is 24.2. The largest absolute Gasteiger partial charge is 0.480 e. The second kappa shape index (κ2) is 8.94. The van der Waals surface area contributed by atoms with Crippen LogP contribution >= 0.6 is 34.5 Å². The lowest BCUT2D eigenvalue weighted by molar-refractivity contribution is -0.150. The summed E-state index contributed by atoms with van der Waals surface area (Å²) in [5.41, 5.74) is -0.321. The molecule has 1 saturated carbocycles. The minimum absolute atomic E-state index is 0.189. The molecule has 2 N–H and O–H groups in total. The molecule has 3 aliphatic rings. The van der Waals surface area contributed by atoms with Crippen LogP contribution in [0, 0.1) is 24.7 Å². The van der Waals surface area contributed by atoms with E-state index >= 15 is 0 Å². The van der Waals surface area contributed by atoms with Crippen molar-refractivity contribution in [1.82, 2.24) is 5.32 Å². The van der Waals surface area contributed by atoms with E-state index in [1.807, 2.05) is 13.0 Å². The molecule has 5 rings (SSSR count). The van der Waals surface area contributed by atoms with Gasteiger partial charge in [0, 0.05) is 9.90 Å². The third kappa shape index (κ3) is 3.77. The Balaban J connectivity index is 1.61. The molecule has 34 heavy (non-hydrogen) atoms. The molecule has 0 spiro atoms. The van der Waals surface area contributed by atoms with Gasteiger partial charge in [0.05, 0.1) is 27.9 Å². The van der Waals surface area contributed by atoms with Gasteiger partial charge >= 0.3 is 5.97 Å². The quantitative estimate of drug-likeness (QED) is 0.500. The van der Waals surface area contributed by atoms with E-state index in [0.29, 0.717) is 21.5 Å². The van der Waals surface area contributed by atoms with Crippen molar-refractivity contribution in [3.63, 3.8) is 0 Å². The Hall–Kier alpha value is -1.93. The average molecular weight is 521 g/mol. The van der Waals surface area contributed by atoms with E-state index in [9.17, 15) is 19.5 Å². The molecular formula is C25H26Cl2N2O4S. The van der Waals surface area contributed by atoms with Gasteiger partial charge in [0.15, 0.2) is 0 Å². The minimum Gasteiger partial charge on any atom is -0.480 e. The normalized spacial score (nSPS) is 29.6. The molecule has 0 radical (unpaired) electrons. The lowest BCUT2D eigenvalue weighted by atomic mass is 9.72. The maximum Gasteiger partial charge on any atom is 0.324 e. The maximum atomic E-state index is 13.9. The van der Waals surface area contributed by atoms with Gasteiger partial charge in [-0.1, -0.05) is 61.4 Å². The molecule has 1 aromatic heterocycles. The summed E-state index contributed by atoms with van der Waals surface area (Å²) in [7, 11) is 0. The number of benzene rings is 1. The number of carbonyl (C=O) groups excluding carboxylic acids is 2. The van der Waals surface area contributed by atoms with Crippen molar-refractivity contribution in [3.05, 3.63) is 50.1 Å². The molecule has 2 aliphatic heterocycles. The van der Waals surface area contributed by atoms with Gasteiger partial charge in [0.25, 0.3) is 0 Å². The van der Waals surface area contributed by atoms with E-state index in [2.05, 4.69) is 5.32 Å². The lowest BCUT2D eigenvalue weighted by Gasteiger charge is -2.35. The molecule has 2 saturated heterocycles. The van der Waals surface area contributed by atoms with Crippen LogP contribution in [-0.2, 0) is 14.4 Å². The molecule has 1 aliphatic carbocycles. The minimum atomic E-state index is -1.52. The molecule has 180 valence electrons. The van der Waals surface area contributed by atoms with E-state index in [1.54, 1.807) is 24.3 Å². The number of carboxylic acids is 1. The van der Waals surface area contributed by atoms with Crippen LogP contribution < -0.4 is 10.2 Å². The number of imide groups is 1. The molecule has 4 atom stereocenters. The van der Waals surface area contributed by atoms with Crippen molar-refractivity contribution >= 4 is 58.0 Å². The Labute approximate surface area is 212 Å². The first-order chi connectivity index (χ1) is 16.2. The summed E-state index contributed by atoms with van der Waals surface area (Å²) in [5.74, 6) is -3.61. The van der Waals surface area contributed by atoms with Crippen molar-refractivity contribution in [3.8, 4) is 0 Å². The van der Waals surface area contributed by atoms with Gasteiger partial charge < -0.3 is 5.11 Å². The third-order valence-electron chi connectivity index (χ3n) is 7.69. The molecular weight excluding hydrogens is 495 g/mol. The molecule has 9 heteroatoms. The number of fused-ring (bicyclic) bond motifs is 1. The Morgan fingerprint density at radius 1 is 1.15 bits per heavy atom. The Morgan fingerprint density at radius 3 is 2.50 bits per heavy atom. The fourth-order valence-corrected chi connectivity index (χ4v) is 7.37. The first-order valence-corrected chi connectivity index (χ1v) is 13.2. The first-order valence-electron chi connectivity index (χ1n) is 11.6. The number of amides is 2. The van der Waals surface area contributed by atoms with Gasteiger partial charge in [-0.2, -0.15) is 0 Å². The second-order valence-electron chi connectivity index (χ2n) is 9.70. The number of thiophene rings is 1. The maximum absolute atomic E-state index is 13.9. The summed E-state index contributed by atoms with van der Waals surface area (Å²) >= 11 is 13.8. The number of nitrogens with one attached hydrogen (secondary N) is 1. The fraction of sp³-hybridized carbons (Fsp3) is 0.480. The van der Waals surface area contributed by atoms with Gasteiger partial charge in [-0.3, -0.25) is 19.7 Å². The number of hydrogen-bond acceptors (Lipinski definition) is 5. The van der Waals surface area contributed by atoms with Crippen molar-refractivity contribution < 1.29 is 19.5 Å². The van der Waals surface area contributed by atoms with Crippen molar-refractivity contribution in [1.29, 1.82) is 0 Å². The topological polar surface area (TPSA) is 86.7 Å². The molecule has 4 unspecified atom stereocenters. The molecule has 2 aromatic rings. The zero-order valence-corrected chi connectivity index (χ0v) is 21.1. The average Bonchev–Trinajstić information content (AvgIpc) is 3.45. The highest BCUT2D eigenvalue weighted by atomic mass is 35.5. The monoisotopic (exact) mass is 520 g/mol. The number of aryl methyl sites for hydroxylation is 1. The van der Waals surface area contributed by atoms with E-state index in [1.165, 1.54) is 11.3 Å². The zero-order valence-electron chi connectivity index (χ0n) is 18.7. The molecule has 0 bridgehead atoms. The van der Waals surface area contributed by atoms with E-state index in [4.69, 9.17) is 23.2 Å². The predicted octanol–water partition coefficient (Wildman–Crippen LogP) is 5.61. The SMILES string of the molecule is Cc1ccc(N2C(=O)C3C(c4ccc(Cl)s4)NC(CC4CCCCC4)(C(=O)O)C3C2=O)cc1Cl. The van der Waals surface area contributed by atoms with E-state index < -0.39 is 41.2 Å². The summed E-state index contributed by atoms with van der Waals surface area (Å²) in [6.45, 7) is 1.84. The molecule has 1 aromatic carbocycles. The number of carboxylic acid groups (broad SMARTS) is 1. The van der Waals surface area contributed by atoms with Crippen molar-refractivity contribution in [2.45, 2.75) is 57.0 Å². The fourth-order valence-electron chi connectivity index (χ4n) is 6.04. The van der Waals surface area contributed by atoms with Crippen LogP contribution in [0.1, 0.15) is 55.0 Å². The summed E-state index contributed by atoms with van der Waals surface area (Å²) in [5, 5.41) is 14.3. The van der Waals surface area contributed by atoms with Crippen LogP contribution in [0.2, 0.25) is 9.36 Å². The number of nitrogens with zero attached hydrogens (tertiary/aromatic N) is 1. The molecule has 3 heterocycles. The number of hydrogen-bond donors (Lipinski definition) is 2. The van der Waals surface area contributed by atoms with Crippen molar-refractivity contribution in [2.24, 2.45) is 17.8 Å². The van der Waals surface area contributed by atoms with E-state index in [0.717, 1.165) is 47.4 Å². The Morgan fingerprint density at radius 2 is 1.88 bits per heavy atom. The molecule has 2 amide bonds. The highest BCUT2D eigenvalue weighted by Gasteiger charge is 2.69. The number of halogens is 2. The summed E-state index contributed by atoms with van der Waals surface area (Å²) in [6.07, 6.45) is 5.44. The summed E-state index contributed by atoms with van der Waals surface area (Å²) in [6, 6.07) is 7.98. The van der Waals surface area contributed by atoms with Gasteiger partial charge in [-0.05, 0) is 49.1 Å². The van der Waals surface area contributed by atoms with Crippen LogP contribution in [0.5, 0.6) is 0 Å². The summed E-state index contributed by atoms with van der Waals surface area (Å²) < 4.78 is 0.549. The summed E-state index contributed by atoms with van der Waals surface area (Å²) in [4.78, 5) is 42.5. The molecule has 6 nitrogen and oxygen atoms in total. The first kappa shape index (κ1) is 23.8.